The van der Waals surface area contributed by atoms with Gasteiger partial charge in [-0.05, 0) is 96.3 Å². The summed E-state index contributed by atoms with van der Waals surface area (Å²) in [5.74, 6) is -0.916. The van der Waals surface area contributed by atoms with Crippen LogP contribution in [0.25, 0.3) is 0 Å². The van der Waals surface area contributed by atoms with Gasteiger partial charge in [-0.25, -0.2) is 0 Å². The Balaban J connectivity index is 4.30. The van der Waals surface area contributed by atoms with Crippen molar-refractivity contribution in [1.29, 1.82) is 0 Å². The lowest BCUT2D eigenvalue weighted by Crippen LogP contribution is -2.37. The number of rotatable bonds is 46. The van der Waals surface area contributed by atoms with Crippen molar-refractivity contribution in [2.75, 3.05) is 47.5 Å². The summed E-state index contributed by atoms with van der Waals surface area (Å²) in [6, 6.07) is 0. The molecule has 0 saturated heterocycles. The molecule has 0 bridgehead atoms. The minimum absolute atomic E-state index is 0.0470. The molecule has 0 fully saturated rings. The predicted molar refractivity (Wildman–Crippen MR) is 286 cm³/mol. The van der Waals surface area contributed by atoms with Gasteiger partial charge in [-0.15, -0.1) is 0 Å². The molecule has 0 aliphatic carbocycles. The van der Waals surface area contributed by atoms with Crippen LogP contribution in [0.15, 0.2) is 122 Å². The molecule has 0 aromatic heterocycles. The molecule has 68 heavy (non-hydrogen) atoms. The number of ether oxygens (including phenoxy) is 2. The summed E-state index contributed by atoms with van der Waals surface area (Å²) in [4.78, 5) is 37.7. The van der Waals surface area contributed by atoms with Gasteiger partial charge in [0.05, 0.1) is 27.7 Å². The summed E-state index contributed by atoms with van der Waals surface area (Å²) in [6.07, 6.45) is 68.1. The molecule has 0 aliphatic heterocycles. The van der Waals surface area contributed by atoms with Gasteiger partial charge >= 0.3 is 11.9 Å². The highest BCUT2D eigenvalue weighted by atomic mass is 31.2. The number of hydrogen-bond acceptors (Lipinski definition) is 8. The fraction of sp³-hybridized carbons (Fsp3) is 0.621. The average Bonchev–Trinajstić information content (AvgIpc) is 3.30. The molecule has 0 rings (SSSR count). The van der Waals surface area contributed by atoms with E-state index in [0.717, 1.165) is 96.3 Å². The molecular weight excluding hydrogens is 870 g/mol. The molecule has 0 aliphatic rings. The van der Waals surface area contributed by atoms with E-state index in [4.69, 9.17) is 18.5 Å². The van der Waals surface area contributed by atoms with Crippen LogP contribution in [-0.4, -0.2) is 70.0 Å². The summed E-state index contributed by atoms with van der Waals surface area (Å²) in [7, 11) is 1.11. The van der Waals surface area contributed by atoms with E-state index in [2.05, 4.69) is 129 Å². The van der Waals surface area contributed by atoms with E-state index in [1.54, 1.807) is 0 Å². The summed E-state index contributed by atoms with van der Waals surface area (Å²) in [6.45, 7) is 3.92. The SMILES string of the molecule is CC/C=C\C/C=C\C/C=C\C/C=C\C/C=C\CCCCCCCCCCCCCC(=O)OC(COC(=O)CCC/C=C\C/C=C\C/C=C\C/C=C\C/C=C\CC)COP(=O)([O-])OCC[N+](C)(C)C. The maximum absolute atomic E-state index is 12.8. The van der Waals surface area contributed by atoms with Crippen molar-refractivity contribution in [2.45, 2.75) is 187 Å². The van der Waals surface area contributed by atoms with Gasteiger partial charge in [-0.3, -0.25) is 14.2 Å². The van der Waals surface area contributed by atoms with Crippen molar-refractivity contribution < 1.29 is 42.1 Å². The van der Waals surface area contributed by atoms with Gasteiger partial charge in [0.1, 0.15) is 19.8 Å². The third kappa shape index (κ3) is 51.8. The molecule has 386 valence electrons. The van der Waals surface area contributed by atoms with Crippen molar-refractivity contribution in [1.82, 2.24) is 0 Å². The normalized spacial score (nSPS) is 14.4. The molecule has 0 saturated carbocycles. The van der Waals surface area contributed by atoms with Crippen LogP contribution in [0.1, 0.15) is 181 Å². The van der Waals surface area contributed by atoms with E-state index in [9.17, 15) is 19.0 Å². The Morgan fingerprint density at radius 1 is 0.456 bits per heavy atom. The highest BCUT2D eigenvalue weighted by Crippen LogP contribution is 2.38. The fourth-order valence-corrected chi connectivity index (χ4v) is 7.21. The first-order chi connectivity index (χ1) is 33.0. The minimum atomic E-state index is -4.65. The van der Waals surface area contributed by atoms with Crippen LogP contribution in [0.2, 0.25) is 0 Å². The molecule has 10 heteroatoms. The van der Waals surface area contributed by atoms with Crippen LogP contribution in [0, 0.1) is 0 Å². The number of allylic oxidation sites excluding steroid dienone is 20. The number of carbonyl (C=O) groups is 2. The van der Waals surface area contributed by atoms with Crippen LogP contribution in [0.4, 0.5) is 0 Å². The molecule has 0 spiro atoms. The van der Waals surface area contributed by atoms with Gasteiger partial charge in [0, 0.05) is 12.8 Å². The minimum Gasteiger partial charge on any atom is -0.756 e. The van der Waals surface area contributed by atoms with Crippen molar-refractivity contribution >= 4 is 19.8 Å². The molecule has 0 aromatic carbocycles. The maximum atomic E-state index is 12.8. The second-order valence-electron chi connectivity index (χ2n) is 18.1. The first-order valence-electron chi connectivity index (χ1n) is 26.2. The Labute approximate surface area is 416 Å². The van der Waals surface area contributed by atoms with Gasteiger partial charge in [0.2, 0.25) is 0 Å². The smallest absolute Gasteiger partial charge is 0.306 e. The lowest BCUT2D eigenvalue weighted by molar-refractivity contribution is -0.870. The predicted octanol–water partition coefficient (Wildman–Crippen LogP) is 15.4. The first kappa shape index (κ1) is 64.4. The summed E-state index contributed by atoms with van der Waals surface area (Å²) in [5, 5.41) is 0. The van der Waals surface area contributed by atoms with E-state index < -0.39 is 32.5 Å². The maximum Gasteiger partial charge on any atom is 0.306 e. The number of hydrogen-bond donors (Lipinski definition) is 0. The highest BCUT2D eigenvalue weighted by molar-refractivity contribution is 7.45. The van der Waals surface area contributed by atoms with E-state index in [1.807, 2.05) is 27.2 Å². The molecule has 9 nitrogen and oxygen atoms in total. The molecule has 0 heterocycles. The van der Waals surface area contributed by atoms with Crippen molar-refractivity contribution in [3.05, 3.63) is 122 Å². The highest BCUT2D eigenvalue weighted by Gasteiger charge is 2.21. The van der Waals surface area contributed by atoms with Crippen LogP contribution < -0.4 is 4.89 Å². The van der Waals surface area contributed by atoms with E-state index in [1.165, 1.54) is 44.9 Å². The van der Waals surface area contributed by atoms with Gasteiger partial charge in [0.25, 0.3) is 7.82 Å². The zero-order valence-corrected chi connectivity index (χ0v) is 44.4. The van der Waals surface area contributed by atoms with E-state index >= 15 is 0 Å². The molecule has 2 unspecified atom stereocenters. The number of unbranched alkanes of at least 4 members (excludes halogenated alkanes) is 12. The lowest BCUT2D eigenvalue weighted by atomic mass is 10.0. The largest absolute Gasteiger partial charge is 0.756 e. The van der Waals surface area contributed by atoms with E-state index in [0.29, 0.717) is 23.9 Å². The third-order valence-corrected chi connectivity index (χ3v) is 11.4. The number of nitrogens with zero attached hydrogens (tertiary/aromatic N) is 1. The molecule has 0 radical (unpaired) electrons. The van der Waals surface area contributed by atoms with Crippen LogP contribution in [0.3, 0.4) is 0 Å². The Morgan fingerprint density at radius 3 is 1.22 bits per heavy atom. The topological polar surface area (TPSA) is 111 Å². The lowest BCUT2D eigenvalue weighted by Gasteiger charge is -2.28. The number of phosphoric acid groups is 1. The second kappa shape index (κ2) is 48.4. The van der Waals surface area contributed by atoms with E-state index in [-0.39, 0.29) is 26.1 Å². The monoisotopic (exact) mass is 966 g/mol. The fourth-order valence-electron chi connectivity index (χ4n) is 6.48. The van der Waals surface area contributed by atoms with Crippen LogP contribution in [-0.2, 0) is 32.7 Å². The number of likely N-dealkylation sites (N-methyl/N-ethyl adjacent to an activating group) is 1. The Hall–Kier alpha value is -3.59. The zero-order chi connectivity index (χ0) is 49.9. The van der Waals surface area contributed by atoms with Gasteiger partial charge in [0.15, 0.2) is 6.10 Å². The van der Waals surface area contributed by atoms with Gasteiger partial charge < -0.3 is 27.9 Å². The quantitative estimate of drug-likeness (QED) is 0.0195. The summed E-state index contributed by atoms with van der Waals surface area (Å²) >= 11 is 0. The van der Waals surface area contributed by atoms with Crippen LogP contribution >= 0.6 is 7.82 Å². The van der Waals surface area contributed by atoms with Crippen LogP contribution in [0.5, 0.6) is 0 Å². The van der Waals surface area contributed by atoms with Gasteiger partial charge in [-0.1, -0.05) is 193 Å². The first-order valence-corrected chi connectivity index (χ1v) is 27.7. The number of esters is 2. The van der Waals surface area contributed by atoms with Crippen molar-refractivity contribution in [3.63, 3.8) is 0 Å². The number of phosphoric ester groups is 1. The molecule has 0 N–H and O–H groups in total. The number of carbonyl (C=O) groups excluding carboxylic acids is 2. The molecule has 0 amide bonds. The number of quaternary nitrogens is 1. The third-order valence-electron chi connectivity index (χ3n) is 10.5. The standard InChI is InChI=1S/C58H96NO8P/c1-6-8-10-12-14-16-18-20-22-24-25-26-27-28-29-30-31-32-33-35-37-39-41-43-45-47-49-51-58(61)67-56(55-66-68(62,63)65-53-52-59(3,4)5)54-64-57(60)50-48-46-44-42-40-38-36-34-23-21-19-17-15-13-11-9-7-2/h8-11,14-17,20-23,25-26,28-29,36,38,42,44,56H,6-7,12-13,18-19,24,27,30-35,37,39-41,43,45-55H2,1-5H3/b10-8-,11-9-,16-14-,17-15-,22-20-,23-21-,26-25-,29-28-,38-36-,44-42-. The zero-order valence-electron chi connectivity index (χ0n) is 43.5. The van der Waals surface area contributed by atoms with Crippen molar-refractivity contribution in [3.8, 4) is 0 Å². The Morgan fingerprint density at radius 2 is 0.809 bits per heavy atom. The van der Waals surface area contributed by atoms with Gasteiger partial charge in [-0.2, -0.15) is 0 Å². The summed E-state index contributed by atoms with van der Waals surface area (Å²) < 4.78 is 34.0. The summed E-state index contributed by atoms with van der Waals surface area (Å²) in [5.41, 5.74) is 0. The average molecular weight is 966 g/mol. The molecular formula is C58H96NO8P. The van der Waals surface area contributed by atoms with Crippen molar-refractivity contribution in [2.24, 2.45) is 0 Å². The Bertz CT molecular complexity index is 1560. The molecule has 0 aromatic rings. The second-order valence-corrected chi connectivity index (χ2v) is 19.5. The Kier molecular flexibility index (Phi) is 45.9. The molecule has 2 atom stereocenters.